The third kappa shape index (κ3) is 1.49. The average Bonchev–Trinajstić information content (AvgIpc) is 2.16. The van der Waals surface area contributed by atoms with Gasteiger partial charge in [0.1, 0.15) is 0 Å². The molecule has 0 saturated heterocycles. The predicted octanol–water partition coefficient (Wildman–Crippen LogP) is -0.0220. The Bertz CT molecular complexity index is 349. The van der Waals surface area contributed by atoms with E-state index < -0.39 is 0 Å². The number of hydrogen-bond donors (Lipinski definition) is 2. The largest absolute Gasteiger partial charge is 0.345 e. The van der Waals surface area contributed by atoms with Gasteiger partial charge in [0.25, 0.3) is 0 Å². The van der Waals surface area contributed by atoms with Crippen LogP contribution < -0.4 is 11.0 Å². The van der Waals surface area contributed by atoms with Crippen LogP contribution in [0.3, 0.4) is 0 Å². The standard InChI is InChI=1S/C9H13N3O/c1-2-7-6-5-10-4-3-8(6)12-9(13)11-7/h10H,2-5H2,1H3,(H,11,12,13). The van der Waals surface area contributed by atoms with Gasteiger partial charge in [0.2, 0.25) is 0 Å². The summed E-state index contributed by atoms with van der Waals surface area (Å²) in [6, 6.07) is 0. The molecular weight excluding hydrogens is 166 g/mol. The van der Waals surface area contributed by atoms with Crippen molar-refractivity contribution in [2.75, 3.05) is 6.54 Å². The van der Waals surface area contributed by atoms with E-state index in [1.165, 1.54) is 5.56 Å². The number of aromatic amines is 1. The van der Waals surface area contributed by atoms with Crippen molar-refractivity contribution in [2.45, 2.75) is 26.3 Å². The topological polar surface area (TPSA) is 57.8 Å². The summed E-state index contributed by atoms with van der Waals surface area (Å²) in [6.07, 6.45) is 1.73. The highest BCUT2D eigenvalue weighted by atomic mass is 16.1. The molecule has 2 heterocycles. The van der Waals surface area contributed by atoms with Gasteiger partial charge in [0, 0.05) is 30.8 Å². The van der Waals surface area contributed by atoms with Crippen molar-refractivity contribution in [1.29, 1.82) is 0 Å². The maximum Gasteiger partial charge on any atom is 0.345 e. The minimum Gasteiger partial charge on any atom is -0.312 e. The van der Waals surface area contributed by atoms with Crippen LogP contribution in [0.5, 0.6) is 0 Å². The molecular formula is C9H13N3O. The van der Waals surface area contributed by atoms with E-state index in [0.717, 1.165) is 37.3 Å². The molecule has 0 radical (unpaired) electrons. The first-order valence-corrected chi connectivity index (χ1v) is 4.63. The number of hydrogen-bond acceptors (Lipinski definition) is 3. The van der Waals surface area contributed by atoms with Gasteiger partial charge in [-0.2, -0.15) is 4.98 Å². The summed E-state index contributed by atoms with van der Waals surface area (Å²) in [4.78, 5) is 17.9. The summed E-state index contributed by atoms with van der Waals surface area (Å²) in [6.45, 7) is 3.80. The van der Waals surface area contributed by atoms with Gasteiger partial charge in [0.15, 0.2) is 0 Å². The van der Waals surface area contributed by atoms with Gasteiger partial charge in [0.05, 0.1) is 5.69 Å². The second-order valence-electron chi connectivity index (χ2n) is 3.23. The molecule has 4 heteroatoms. The number of rotatable bonds is 1. The van der Waals surface area contributed by atoms with Crippen LogP contribution in [0.1, 0.15) is 23.9 Å². The molecule has 0 spiro atoms. The lowest BCUT2D eigenvalue weighted by Gasteiger charge is -2.18. The fourth-order valence-electron chi connectivity index (χ4n) is 1.74. The second kappa shape index (κ2) is 3.30. The number of H-pyrrole nitrogens is 1. The van der Waals surface area contributed by atoms with Crippen molar-refractivity contribution in [3.63, 3.8) is 0 Å². The van der Waals surface area contributed by atoms with Crippen molar-refractivity contribution >= 4 is 0 Å². The van der Waals surface area contributed by atoms with Gasteiger partial charge in [-0.25, -0.2) is 4.79 Å². The Balaban J connectivity index is 2.57. The van der Waals surface area contributed by atoms with Crippen molar-refractivity contribution in [3.8, 4) is 0 Å². The van der Waals surface area contributed by atoms with Gasteiger partial charge in [-0.15, -0.1) is 0 Å². The molecule has 1 aromatic rings. The lowest BCUT2D eigenvalue weighted by molar-refractivity contribution is 0.613. The Labute approximate surface area is 76.4 Å². The molecule has 0 bridgehead atoms. The van der Waals surface area contributed by atoms with E-state index >= 15 is 0 Å². The lowest BCUT2D eigenvalue weighted by Crippen LogP contribution is -2.30. The van der Waals surface area contributed by atoms with E-state index in [1.807, 2.05) is 6.92 Å². The van der Waals surface area contributed by atoms with Gasteiger partial charge in [-0.1, -0.05) is 6.92 Å². The van der Waals surface area contributed by atoms with E-state index in [4.69, 9.17) is 0 Å². The fraction of sp³-hybridized carbons (Fsp3) is 0.556. The summed E-state index contributed by atoms with van der Waals surface area (Å²) < 4.78 is 0. The van der Waals surface area contributed by atoms with Crippen LogP contribution in [0.15, 0.2) is 4.79 Å². The lowest BCUT2D eigenvalue weighted by atomic mass is 10.0. The van der Waals surface area contributed by atoms with Crippen molar-refractivity contribution in [1.82, 2.24) is 15.3 Å². The van der Waals surface area contributed by atoms with Gasteiger partial charge in [-0.05, 0) is 6.42 Å². The van der Waals surface area contributed by atoms with Gasteiger partial charge >= 0.3 is 5.69 Å². The molecule has 0 saturated carbocycles. The molecule has 70 valence electrons. The number of nitrogens with one attached hydrogen (secondary N) is 2. The minimum atomic E-state index is -0.211. The molecule has 4 nitrogen and oxygen atoms in total. The molecule has 1 aliphatic heterocycles. The van der Waals surface area contributed by atoms with Crippen molar-refractivity contribution < 1.29 is 0 Å². The number of aryl methyl sites for hydroxylation is 1. The molecule has 0 amide bonds. The third-order valence-corrected chi connectivity index (χ3v) is 2.40. The van der Waals surface area contributed by atoms with Crippen LogP contribution in [0.25, 0.3) is 0 Å². The van der Waals surface area contributed by atoms with Crippen LogP contribution in [0.2, 0.25) is 0 Å². The number of fused-ring (bicyclic) bond motifs is 1. The zero-order chi connectivity index (χ0) is 9.26. The van der Waals surface area contributed by atoms with Crippen molar-refractivity contribution in [2.24, 2.45) is 0 Å². The summed E-state index contributed by atoms with van der Waals surface area (Å²) in [7, 11) is 0. The fourth-order valence-corrected chi connectivity index (χ4v) is 1.74. The Morgan fingerprint density at radius 1 is 1.54 bits per heavy atom. The molecule has 1 aromatic heterocycles. The van der Waals surface area contributed by atoms with Crippen LogP contribution >= 0.6 is 0 Å². The maximum atomic E-state index is 11.1. The first-order valence-electron chi connectivity index (χ1n) is 4.63. The van der Waals surface area contributed by atoms with Gasteiger partial charge in [-0.3, -0.25) is 0 Å². The molecule has 0 atom stereocenters. The zero-order valence-corrected chi connectivity index (χ0v) is 7.68. The Morgan fingerprint density at radius 2 is 2.38 bits per heavy atom. The Kier molecular flexibility index (Phi) is 2.14. The van der Waals surface area contributed by atoms with Crippen LogP contribution in [-0.4, -0.2) is 16.5 Å². The second-order valence-corrected chi connectivity index (χ2v) is 3.23. The summed E-state index contributed by atoms with van der Waals surface area (Å²) in [5.41, 5.74) is 2.98. The highest BCUT2D eigenvalue weighted by molar-refractivity contribution is 5.26. The third-order valence-electron chi connectivity index (χ3n) is 2.40. The summed E-state index contributed by atoms with van der Waals surface area (Å²) in [5, 5.41) is 3.27. The van der Waals surface area contributed by atoms with Crippen LogP contribution in [0, 0.1) is 0 Å². The van der Waals surface area contributed by atoms with E-state index in [9.17, 15) is 4.79 Å². The Morgan fingerprint density at radius 3 is 3.15 bits per heavy atom. The quantitative estimate of drug-likeness (QED) is 0.637. The summed E-state index contributed by atoms with van der Waals surface area (Å²) in [5.74, 6) is 0. The zero-order valence-electron chi connectivity index (χ0n) is 7.68. The SMILES string of the molecule is CCc1nc(=O)[nH]c2c1CNCC2. The van der Waals surface area contributed by atoms with Crippen LogP contribution in [0.4, 0.5) is 0 Å². The molecule has 13 heavy (non-hydrogen) atoms. The number of nitrogens with zero attached hydrogens (tertiary/aromatic N) is 1. The maximum absolute atomic E-state index is 11.1. The molecule has 2 rings (SSSR count). The van der Waals surface area contributed by atoms with E-state index in [2.05, 4.69) is 15.3 Å². The smallest absolute Gasteiger partial charge is 0.312 e. The predicted molar refractivity (Wildman–Crippen MR) is 49.6 cm³/mol. The molecule has 0 unspecified atom stereocenters. The minimum absolute atomic E-state index is 0.211. The highest BCUT2D eigenvalue weighted by Crippen LogP contribution is 2.12. The molecule has 0 aromatic carbocycles. The number of aromatic nitrogens is 2. The molecule has 0 fully saturated rings. The van der Waals surface area contributed by atoms with E-state index in [-0.39, 0.29) is 5.69 Å². The van der Waals surface area contributed by atoms with Crippen molar-refractivity contribution in [3.05, 3.63) is 27.4 Å². The average molecular weight is 179 g/mol. The molecule has 0 aliphatic carbocycles. The molecule has 2 N–H and O–H groups in total. The normalized spacial score (nSPS) is 15.5. The van der Waals surface area contributed by atoms with Gasteiger partial charge < -0.3 is 10.3 Å². The van der Waals surface area contributed by atoms with Crippen LogP contribution in [-0.2, 0) is 19.4 Å². The highest BCUT2D eigenvalue weighted by Gasteiger charge is 2.13. The van der Waals surface area contributed by atoms with E-state index in [0.29, 0.717) is 0 Å². The first-order chi connectivity index (χ1) is 6.31. The first kappa shape index (κ1) is 8.44. The summed E-state index contributed by atoms with van der Waals surface area (Å²) >= 11 is 0. The monoisotopic (exact) mass is 179 g/mol. The molecule has 1 aliphatic rings. The Hall–Kier alpha value is -1.16. The van der Waals surface area contributed by atoms with E-state index in [1.54, 1.807) is 0 Å².